The van der Waals surface area contributed by atoms with Crippen molar-refractivity contribution in [2.45, 2.75) is 13.3 Å². The van der Waals surface area contributed by atoms with E-state index in [1.807, 2.05) is 49.4 Å². The molecule has 0 aliphatic carbocycles. The average molecular weight is 508 g/mol. The molecule has 9 nitrogen and oxygen atoms in total. The minimum absolute atomic E-state index is 0.248. The van der Waals surface area contributed by atoms with Crippen molar-refractivity contribution >= 4 is 32.4 Å². The number of aryl methyl sites for hydroxylation is 1. The van der Waals surface area contributed by atoms with Gasteiger partial charge in [-0.3, -0.25) is 0 Å². The van der Waals surface area contributed by atoms with Crippen LogP contribution in [-0.2, 0) is 9.84 Å². The first-order valence-electron chi connectivity index (χ1n) is 11.9. The summed E-state index contributed by atoms with van der Waals surface area (Å²) < 4.78 is 34.9. The SMILES string of the molecule is Cc1cc2cc(Oc3ccnc(Nc4cccc(OCCCN5CCS(=O)(=O)CC5)c4)n3)ccc2[nH]1. The van der Waals surface area contributed by atoms with E-state index in [9.17, 15) is 8.42 Å². The molecule has 2 aromatic carbocycles. The Kier molecular flexibility index (Phi) is 7.06. The molecule has 0 saturated carbocycles. The van der Waals surface area contributed by atoms with Crippen molar-refractivity contribution in [2.24, 2.45) is 0 Å². The first-order chi connectivity index (χ1) is 17.4. The number of rotatable bonds is 9. The van der Waals surface area contributed by atoms with E-state index in [0.29, 0.717) is 37.3 Å². The summed E-state index contributed by atoms with van der Waals surface area (Å²) in [5, 5.41) is 4.28. The van der Waals surface area contributed by atoms with Crippen molar-refractivity contribution in [2.75, 3.05) is 43.1 Å². The Balaban J connectivity index is 1.14. The van der Waals surface area contributed by atoms with Gasteiger partial charge in [0.1, 0.15) is 11.5 Å². The zero-order valence-corrected chi connectivity index (χ0v) is 20.9. The Labute approximate surface area is 210 Å². The molecule has 5 rings (SSSR count). The van der Waals surface area contributed by atoms with Gasteiger partial charge in [-0.25, -0.2) is 13.4 Å². The van der Waals surface area contributed by atoms with Crippen LogP contribution < -0.4 is 14.8 Å². The predicted octanol–water partition coefficient (Wildman–Crippen LogP) is 4.30. The number of aromatic amines is 1. The molecule has 3 heterocycles. The molecule has 1 aliphatic rings. The average Bonchev–Trinajstić information content (AvgIpc) is 3.22. The Morgan fingerprint density at radius 2 is 1.92 bits per heavy atom. The molecule has 10 heteroatoms. The van der Waals surface area contributed by atoms with Gasteiger partial charge in [-0.05, 0) is 49.7 Å². The zero-order valence-electron chi connectivity index (χ0n) is 20.1. The summed E-state index contributed by atoms with van der Waals surface area (Å²) in [4.78, 5) is 14.2. The highest BCUT2D eigenvalue weighted by molar-refractivity contribution is 7.91. The fourth-order valence-electron chi connectivity index (χ4n) is 4.14. The highest BCUT2D eigenvalue weighted by Gasteiger charge is 2.20. The summed E-state index contributed by atoms with van der Waals surface area (Å²) in [6.07, 6.45) is 2.48. The highest BCUT2D eigenvalue weighted by atomic mass is 32.2. The first kappa shape index (κ1) is 24.1. The number of hydrogen-bond donors (Lipinski definition) is 2. The van der Waals surface area contributed by atoms with E-state index in [1.54, 1.807) is 12.3 Å². The maximum Gasteiger partial charge on any atom is 0.230 e. The molecule has 0 radical (unpaired) electrons. The van der Waals surface area contributed by atoms with Gasteiger partial charge in [0.2, 0.25) is 11.8 Å². The Morgan fingerprint density at radius 1 is 1.06 bits per heavy atom. The molecule has 0 bridgehead atoms. The summed E-state index contributed by atoms with van der Waals surface area (Å²) in [5.74, 6) is 2.80. The number of fused-ring (bicyclic) bond motifs is 1. The van der Waals surface area contributed by atoms with E-state index >= 15 is 0 Å². The fraction of sp³-hybridized carbons (Fsp3) is 0.308. The van der Waals surface area contributed by atoms with Crippen LogP contribution in [0.5, 0.6) is 17.4 Å². The monoisotopic (exact) mass is 507 g/mol. The molecular weight excluding hydrogens is 478 g/mol. The van der Waals surface area contributed by atoms with Crippen LogP contribution in [0.25, 0.3) is 10.9 Å². The normalized spacial score (nSPS) is 15.6. The molecule has 188 valence electrons. The van der Waals surface area contributed by atoms with E-state index in [-0.39, 0.29) is 11.5 Å². The Morgan fingerprint density at radius 3 is 2.78 bits per heavy atom. The number of sulfone groups is 1. The van der Waals surface area contributed by atoms with Crippen LogP contribution in [0.15, 0.2) is 60.8 Å². The van der Waals surface area contributed by atoms with Crippen molar-refractivity contribution in [1.82, 2.24) is 19.9 Å². The van der Waals surface area contributed by atoms with E-state index in [4.69, 9.17) is 9.47 Å². The number of ether oxygens (including phenoxy) is 2. The van der Waals surface area contributed by atoms with Crippen LogP contribution in [0.4, 0.5) is 11.6 Å². The van der Waals surface area contributed by atoms with Gasteiger partial charge in [0.25, 0.3) is 0 Å². The number of hydrogen-bond acceptors (Lipinski definition) is 8. The van der Waals surface area contributed by atoms with Gasteiger partial charge >= 0.3 is 0 Å². The standard InChI is InChI=1S/C26H29N5O4S/c1-19-16-20-17-23(6-7-24(20)28-19)35-25-8-9-27-26(30-25)29-21-4-2-5-22(18-21)34-13-3-10-31-11-14-36(32,33)15-12-31/h2,4-9,16-18,28H,3,10-15H2,1H3,(H,27,29,30). The minimum Gasteiger partial charge on any atom is -0.493 e. The lowest BCUT2D eigenvalue weighted by molar-refractivity contribution is 0.246. The Bertz CT molecular complexity index is 1440. The van der Waals surface area contributed by atoms with Crippen molar-refractivity contribution in [3.63, 3.8) is 0 Å². The summed E-state index contributed by atoms with van der Waals surface area (Å²) >= 11 is 0. The highest BCUT2D eigenvalue weighted by Crippen LogP contribution is 2.26. The number of nitrogens with one attached hydrogen (secondary N) is 2. The molecule has 0 atom stereocenters. The summed E-state index contributed by atoms with van der Waals surface area (Å²) in [6, 6.07) is 17.3. The summed E-state index contributed by atoms with van der Waals surface area (Å²) in [5.41, 5.74) is 2.96. The van der Waals surface area contributed by atoms with Crippen molar-refractivity contribution in [3.8, 4) is 17.4 Å². The van der Waals surface area contributed by atoms with Gasteiger partial charge in [-0.2, -0.15) is 4.98 Å². The molecule has 36 heavy (non-hydrogen) atoms. The smallest absolute Gasteiger partial charge is 0.230 e. The van der Waals surface area contributed by atoms with Gasteiger partial charge in [-0.1, -0.05) is 6.07 Å². The largest absolute Gasteiger partial charge is 0.493 e. The zero-order chi connectivity index (χ0) is 25.0. The van der Waals surface area contributed by atoms with E-state index in [1.165, 1.54) is 0 Å². The molecular formula is C26H29N5O4S. The van der Waals surface area contributed by atoms with Crippen molar-refractivity contribution < 1.29 is 17.9 Å². The number of anilines is 2. The van der Waals surface area contributed by atoms with Crippen LogP contribution in [0.2, 0.25) is 0 Å². The molecule has 1 fully saturated rings. The third-order valence-electron chi connectivity index (χ3n) is 5.99. The van der Waals surface area contributed by atoms with Crippen molar-refractivity contribution in [3.05, 3.63) is 66.5 Å². The van der Waals surface area contributed by atoms with Gasteiger partial charge in [0.15, 0.2) is 9.84 Å². The van der Waals surface area contributed by atoms with Crippen LogP contribution in [0.3, 0.4) is 0 Å². The van der Waals surface area contributed by atoms with Crippen LogP contribution in [0.1, 0.15) is 12.1 Å². The maximum atomic E-state index is 11.5. The lowest BCUT2D eigenvalue weighted by Crippen LogP contribution is -2.40. The van der Waals surface area contributed by atoms with E-state index < -0.39 is 9.84 Å². The molecule has 4 aromatic rings. The van der Waals surface area contributed by atoms with Gasteiger partial charge in [0, 0.05) is 60.2 Å². The van der Waals surface area contributed by atoms with Crippen LogP contribution in [0, 0.1) is 6.92 Å². The minimum atomic E-state index is -2.85. The summed E-state index contributed by atoms with van der Waals surface area (Å²) in [7, 11) is -2.85. The molecule has 1 aliphatic heterocycles. The third-order valence-corrected chi connectivity index (χ3v) is 7.60. The van der Waals surface area contributed by atoms with Crippen LogP contribution >= 0.6 is 0 Å². The second-order valence-electron chi connectivity index (χ2n) is 8.87. The predicted molar refractivity (Wildman–Crippen MR) is 140 cm³/mol. The lowest BCUT2D eigenvalue weighted by atomic mass is 10.2. The molecule has 0 spiro atoms. The number of nitrogens with zero attached hydrogens (tertiary/aromatic N) is 3. The third kappa shape index (κ3) is 6.32. The second-order valence-corrected chi connectivity index (χ2v) is 11.2. The van der Waals surface area contributed by atoms with Gasteiger partial charge < -0.3 is 24.7 Å². The van der Waals surface area contributed by atoms with E-state index in [2.05, 4.69) is 31.2 Å². The van der Waals surface area contributed by atoms with Gasteiger partial charge in [-0.15, -0.1) is 0 Å². The Hall–Kier alpha value is -3.63. The fourth-order valence-corrected chi connectivity index (χ4v) is 5.42. The molecule has 1 saturated heterocycles. The molecule has 0 amide bonds. The lowest BCUT2D eigenvalue weighted by Gasteiger charge is -2.26. The number of benzene rings is 2. The van der Waals surface area contributed by atoms with Crippen LogP contribution in [-0.4, -0.2) is 66.0 Å². The molecule has 2 aromatic heterocycles. The van der Waals surface area contributed by atoms with Gasteiger partial charge in [0.05, 0.1) is 18.1 Å². The quantitative estimate of drug-likeness (QED) is 0.323. The molecule has 0 unspecified atom stereocenters. The second kappa shape index (κ2) is 10.5. The summed E-state index contributed by atoms with van der Waals surface area (Å²) in [6.45, 7) is 4.60. The molecule has 2 N–H and O–H groups in total. The maximum absolute atomic E-state index is 11.5. The van der Waals surface area contributed by atoms with Crippen molar-refractivity contribution in [1.29, 1.82) is 0 Å². The number of aromatic nitrogens is 3. The number of H-pyrrole nitrogens is 1. The first-order valence-corrected chi connectivity index (χ1v) is 13.8. The topological polar surface area (TPSA) is 109 Å². The van der Waals surface area contributed by atoms with E-state index in [0.717, 1.165) is 41.0 Å².